The maximum atomic E-state index is 12.9. The van der Waals surface area contributed by atoms with Gasteiger partial charge in [-0.2, -0.15) is 23.0 Å². The van der Waals surface area contributed by atoms with Gasteiger partial charge in [0.2, 0.25) is 0 Å². The van der Waals surface area contributed by atoms with Gasteiger partial charge in [-0.05, 0) is 25.1 Å². The number of benzene rings is 1. The molecule has 1 N–H and O–H groups in total. The second-order valence-electron chi connectivity index (χ2n) is 6.14. The van der Waals surface area contributed by atoms with E-state index < -0.39 is 23.1 Å². The first-order valence-corrected chi connectivity index (χ1v) is 8.55. The predicted octanol–water partition coefficient (Wildman–Crippen LogP) is 3.47. The molecule has 6 nitrogen and oxygen atoms in total. The van der Waals surface area contributed by atoms with Crippen molar-refractivity contribution in [3.05, 3.63) is 51.4 Å². The Morgan fingerprint density at radius 3 is 2.70 bits per heavy atom. The fourth-order valence-corrected chi connectivity index (χ4v) is 2.87. The number of nitrogens with one attached hydrogen (secondary N) is 1. The van der Waals surface area contributed by atoms with Gasteiger partial charge < -0.3 is 14.8 Å². The molecule has 1 aromatic carbocycles. The van der Waals surface area contributed by atoms with E-state index in [0.29, 0.717) is 26.2 Å². The third-order valence-corrected chi connectivity index (χ3v) is 4.49. The van der Waals surface area contributed by atoms with Gasteiger partial charge in [-0.1, -0.05) is 17.7 Å². The van der Waals surface area contributed by atoms with Crippen LogP contribution in [0.25, 0.3) is 5.69 Å². The molecule has 2 heterocycles. The highest BCUT2D eigenvalue weighted by Crippen LogP contribution is 2.30. The molecule has 0 saturated carbocycles. The summed E-state index contributed by atoms with van der Waals surface area (Å²) < 4.78 is 50.4. The Kier molecular flexibility index (Phi) is 5.45. The first-order valence-electron chi connectivity index (χ1n) is 8.17. The van der Waals surface area contributed by atoms with Gasteiger partial charge in [0.15, 0.2) is 5.79 Å². The van der Waals surface area contributed by atoms with Crippen LogP contribution in [0, 0.1) is 0 Å². The van der Waals surface area contributed by atoms with Crippen molar-refractivity contribution in [2.75, 3.05) is 25.1 Å². The van der Waals surface area contributed by atoms with Crippen LogP contribution in [0.2, 0.25) is 5.02 Å². The number of rotatable bonds is 5. The van der Waals surface area contributed by atoms with E-state index in [1.54, 1.807) is 0 Å². The molecule has 0 bridgehead atoms. The summed E-state index contributed by atoms with van der Waals surface area (Å²) in [5.41, 5.74) is -1.34. The molecule has 1 aliphatic heterocycles. The summed E-state index contributed by atoms with van der Waals surface area (Å²) >= 11 is 6.09. The van der Waals surface area contributed by atoms with Gasteiger partial charge in [-0.3, -0.25) is 4.79 Å². The summed E-state index contributed by atoms with van der Waals surface area (Å²) in [5, 5.41) is 6.73. The highest BCUT2D eigenvalue weighted by Gasteiger charge is 2.31. The van der Waals surface area contributed by atoms with Crippen LogP contribution in [-0.4, -0.2) is 35.3 Å². The number of hydrogen-bond donors (Lipinski definition) is 1. The Balaban J connectivity index is 1.78. The Morgan fingerprint density at radius 1 is 1.33 bits per heavy atom. The molecule has 3 rings (SSSR count). The topological polar surface area (TPSA) is 65.4 Å². The van der Waals surface area contributed by atoms with E-state index in [1.165, 1.54) is 18.3 Å². The molecule has 1 aliphatic rings. The van der Waals surface area contributed by atoms with E-state index in [0.717, 1.165) is 16.8 Å². The lowest BCUT2D eigenvalue weighted by atomic mass is 10.2. The van der Waals surface area contributed by atoms with Crippen molar-refractivity contribution < 1.29 is 22.6 Å². The van der Waals surface area contributed by atoms with Gasteiger partial charge in [0.05, 0.1) is 36.3 Å². The van der Waals surface area contributed by atoms with Crippen LogP contribution in [0.5, 0.6) is 0 Å². The van der Waals surface area contributed by atoms with Gasteiger partial charge in [0.1, 0.15) is 5.02 Å². The number of alkyl halides is 3. The van der Waals surface area contributed by atoms with Gasteiger partial charge in [-0.15, -0.1) is 0 Å². The minimum absolute atomic E-state index is 0.0245. The van der Waals surface area contributed by atoms with Crippen molar-refractivity contribution in [1.82, 2.24) is 9.78 Å². The smallest absolute Gasteiger partial charge is 0.382 e. The SMILES string of the molecule is CC1(CCNc2cnn(-c3cccc(C(F)(F)F)c3)c(=O)c2Cl)OCCO1. The van der Waals surface area contributed by atoms with Crippen LogP contribution in [-0.2, 0) is 15.7 Å². The van der Waals surface area contributed by atoms with Crippen molar-refractivity contribution in [3.8, 4) is 5.69 Å². The van der Waals surface area contributed by atoms with Crippen LogP contribution in [0.1, 0.15) is 18.9 Å². The largest absolute Gasteiger partial charge is 0.416 e. The molecule has 0 amide bonds. The lowest BCUT2D eigenvalue weighted by molar-refractivity contribution is -0.144. The molecule has 0 aliphatic carbocycles. The molecular weight excluding hydrogens is 387 g/mol. The number of hydrogen-bond acceptors (Lipinski definition) is 5. The molecule has 27 heavy (non-hydrogen) atoms. The quantitative estimate of drug-likeness (QED) is 0.828. The summed E-state index contributed by atoms with van der Waals surface area (Å²) in [5.74, 6) is -0.695. The third kappa shape index (κ3) is 4.42. The zero-order valence-corrected chi connectivity index (χ0v) is 15.1. The Morgan fingerprint density at radius 2 is 2.04 bits per heavy atom. The van der Waals surface area contributed by atoms with E-state index in [2.05, 4.69) is 10.4 Å². The van der Waals surface area contributed by atoms with Crippen molar-refractivity contribution in [2.24, 2.45) is 0 Å². The molecule has 1 saturated heterocycles. The summed E-state index contributed by atoms with van der Waals surface area (Å²) in [7, 11) is 0. The Hall–Kier alpha value is -2.10. The highest BCUT2D eigenvalue weighted by atomic mass is 35.5. The highest BCUT2D eigenvalue weighted by molar-refractivity contribution is 6.32. The Bertz CT molecular complexity index is 880. The van der Waals surface area contributed by atoms with E-state index in [9.17, 15) is 18.0 Å². The number of anilines is 1. The number of halogens is 4. The fraction of sp³-hybridized carbons (Fsp3) is 0.412. The monoisotopic (exact) mass is 403 g/mol. The van der Waals surface area contributed by atoms with Crippen molar-refractivity contribution in [1.29, 1.82) is 0 Å². The van der Waals surface area contributed by atoms with Crippen LogP contribution < -0.4 is 10.9 Å². The fourth-order valence-electron chi connectivity index (χ4n) is 2.68. The summed E-state index contributed by atoms with van der Waals surface area (Å²) in [4.78, 5) is 12.4. The van der Waals surface area contributed by atoms with Gasteiger partial charge in [0.25, 0.3) is 5.56 Å². The number of ether oxygens (including phenoxy) is 2. The lowest BCUT2D eigenvalue weighted by Crippen LogP contribution is -2.29. The summed E-state index contributed by atoms with van der Waals surface area (Å²) in [6, 6.07) is 4.31. The normalized spacial score (nSPS) is 16.5. The van der Waals surface area contributed by atoms with E-state index in [-0.39, 0.29) is 16.4 Å². The van der Waals surface area contributed by atoms with Crippen LogP contribution >= 0.6 is 11.6 Å². The second kappa shape index (κ2) is 7.49. The summed E-state index contributed by atoms with van der Waals surface area (Å²) in [6.07, 6.45) is -2.71. The molecule has 1 aromatic heterocycles. The molecule has 10 heteroatoms. The minimum Gasteiger partial charge on any atom is -0.382 e. The number of aromatic nitrogens is 2. The Labute approximate surface area is 157 Å². The van der Waals surface area contributed by atoms with E-state index in [4.69, 9.17) is 21.1 Å². The second-order valence-corrected chi connectivity index (χ2v) is 6.52. The minimum atomic E-state index is -4.52. The summed E-state index contributed by atoms with van der Waals surface area (Å²) in [6.45, 7) is 3.26. The van der Waals surface area contributed by atoms with E-state index in [1.807, 2.05) is 6.92 Å². The lowest BCUT2D eigenvalue weighted by Gasteiger charge is -2.22. The van der Waals surface area contributed by atoms with Crippen molar-refractivity contribution in [2.45, 2.75) is 25.3 Å². The molecule has 0 radical (unpaired) electrons. The zero-order chi connectivity index (χ0) is 19.7. The first kappa shape index (κ1) is 19.7. The molecule has 1 fully saturated rings. The standard InChI is InChI=1S/C17H17ClF3N3O3/c1-16(26-7-8-27-16)5-6-22-13-10-23-24(15(25)14(13)18)12-4-2-3-11(9-12)17(19,20)21/h2-4,9-10,22H,5-8H2,1H3. The molecule has 146 valence electrons. The van der Waals surface area contributed by atoms with Gasteiger partial charge in [-0.25, -0.2) is 0 Å². The molecule has 2 aromatic rings. The zero-order valence-electron chi connectivity index (χ0n) is 14.3. The first-order chi connectivity index (χ1) is 12.7. The predicted molar refractivity (Wildman–Crippen MR) is 93.3 cm³/mol. The number of nitrogens with zero attached hydrogens (tertiary/aromatic N) is 2. The average molecular weight is 404 g/mol. The molecular formula is C17H17ClF3N3O3. The molecule has 0 spiro atoms. The average Bonchev–Trinajstić information content (AvgIpc) is 3.05. The van der Waals surface area contributed by atoms with Crippen LogP contribution in [0.3, 0.4) is 0 Å². The van der Waals surface area contributed by atoms with Crippen molar-refractivity contribution in [3.63, 3.8) is 0 Å². The van der Waals surface area contributed by atoms with Gasteiger partial charge >= 0.3 is 6.18 Å². The van der Waals surface area contributed by atoms with Crippen molar-refractivity contribution >= 4 is 17.3 Å². The van der Waals surface area contributed by atoms with Crippen LogP contribution in [0.15, 0.2) is 35.3 Å². The van der Waals surface area contributed by atoms with Gasteiger partial charge in [0, 0.05) is 13.0 Å². The maximum absolute atomic E-state index is 12.9. The van der Waals surface area contributed by atoms with E-state index >= 15 is 0 Å². The van der Waals surface area contributed by atoms with Crippen LogP contribution in [0.4, 0.5) is 18.9 Å². The molecule has 0 unspecified atom stereocenters. The molecule has 0 atom stereocenters. The maximum Gasteiger partial charge on any atom is 0.416 e. The third-order valence-electron chi connectivity index (χ3n) is 4.13.